The van der Waals surface area contributed by atoms with E-state index in [2.05, 4.69) is 32.9 Å². The van der Waals surface area contributed by atoms with E-state index in [0.29, 0.717) is 18.0 Å². The van der Waals surface area contributed by atoms with Gasteiger partial charge < -0.3 is 5.32 Å². The van der Waals surface area contributed by atoms with Gasteiger partial charge in [-0.25, -0.2) is 13.1 Å². The van der Waals surface area contributed by atoms with Crippen molar-refractivity contribution in [3.8, 4) is 0 Å². The van der Waals surface area contributed by atoms with Crippen LogP contribution in [0.15, 0.2) is 14.7 Å². The molecule has 1 aromatic rings. The number of aryl methyl sites for hydroxylation is 1. The Hall–Kier alpha value is 0.340. The van der Waals surface area contributed by atoms with Gasteiger partial charge in [-0.15, -0.1) is 23.7 Å². The number of hydrogen-bond acceptors (Lipinski definition) is 4. The molecule has 0 aliphatic rings. The van der Waals surface area contributed by atoms with Crippen molar-refractivity contribution in [2.45, 2.75) is 25.2 Å². The Morgan fingerprint density at radius 3 is 2.50 bits per heavy atom. The summed E-state index contributed by atoms with van der Waals surface area (Å²) < 4.78 is 27.3. The summed E-state index contributed by atoms with van der Waals surface area (Å²) >= 11 is 4.72. The Labute approximate surface area is 127 Å². The lowest BCUT2D eigenvalue weighted by molar-refractivity contribution is 0.575. The number of sulfonamides is 1. The van der Waals surface area contributed by atoms with Crippen molar-refractivity contribution >= 4 is 49.7 Å². The molecule has 1 aromatic heterocycles. The minimum Gasteiger partial charge on any atom is -0.315 e. The fraction of sp³-hybridized carbons (Fsp3) is 0.600. The first-order valence-electron chi connectivity index (χ1n) is 5.43. The summed E-state index contributed by atoms with van der Waals surface area (Å²) in [6.45, 7) is 5.85. The summed E-state index contributed by atoms with van der Waals surface area (Å²) in [6.07, 6.45) is 1.04. The van der Waals surface area contributed by atoms with E-state index < -0.39 is 10.0 Å². The molecule has 0 saturated heterocycles. The van der Waals surface area contributed by atoms with E-state index in [4.69, 9.17) is 0 Å². The first kappa shape index (κ1) is 18.3. The van der Waals surface area contributed by atoms with E-state index in [1.807, 2.05) is 0 Å². The first-order valence-corrected chi connectivity index (χ1v) is 8.53. The standard InChI is InChI=1S/C10H17BrN2O2S2.ClH/c1-3-4-12-5-6-13-17(14,15)9-7-10(11)16-8(9)2;/h7,12-13H,3-6H2,1-2H3;1H. The van der Waals surface area contributed by atoms with Gasteiger partial charge >= 0.3 is 0 Å². The molecule has 0 unspecified atom stereocenters. The molecular weight excluding hydrogens is 360 g/mol. The van der Waals surface area contributed by atoms with Crippen LogP contribution in [0.25, 0.3) is 0 Å². The number of nitrogens with one attached hydrogen (secondary N) is 2. The van der Waals surface area contributed by atoms with Crippen molar-refractivity contribution in [1.29, 1.82) is 0 Å². The van der Waals surface area contributed by atoms with Gasteiger partial charge in [0.15, 0.2) is 0 Å². The molecule has 0 saturated carbocycles. The van der Waals surface area contributed by atoms with E-state index in [0.717, 1.165) is 21.6 Å². The highest BCUT2D eigenvalue weighted by molar-refractivity contribution is 9.11. The van der Waals surface area contributed by atoms with Gasteiger partial charge in [0.2, 0.25) is 10.0 Å². The van der Waals surface area contributed by atoms with Crippen LogP contribution in [0.4, 0.5) is 0 Å². The molecule has 0 aliphatic heterocycles. The van der Waals surface area contributed by atoms with E-state index in [1.54, 1.807) is 13.0 Å². The summed E-state index contributed by atoms with van der Waals surface area (Å²) in [5.74, 6) is 0. The third-order valence-corrected chi connectivity index (χ3v) is 5.42. The molecule has 2 N–H and O–H groups in total. The molecule has 0 aromatic carbocycles. The highest BCUT2D eigenvalue weighted by Gasteiger charge is 2.18. The van der Waals surface area contributed by atoms with Crippen LogP contribution in [0.2, 0.25) is 0 Å². The van der Waals surface area contributed by atoms with E-state index in [1.165, 1.54) is 11.3 Å². The van der Waals surface area contributed by atoms with Crippen LogP contribution in [0, 0.1) is 6.92 Å². The molecule has 0 radical (unpaired) electrons. The van der Waals surface area contributed by atoms with Crippen LogP contribution in [-0.4, -0.2) is 28.1 Å². The minimum atomic E-state index is -3.37. The van der Waals surface area contributed by atoms with Gasteiger partial charge in [-0.3, -0.25) is 0 Å². The Bertz CT molecular complexity index is 462. The number of halogens is 2. The number of hydrogen-bond donors (Lipinski definition) is 2. The SMILES string of the molecule is CCCNCCNS(=O)(=O)c1cc(Br)sc1C.Cl. The summed E-state index contributed by atoms with van der Waals surface area (Å²) in [4.78, 5) is 1.16. The Morgan fingerprint density at radius 1 is 1.33 bits per heavy atom. The molecule has 0 aliphatic carbocycles. The zero-order valence-corrected chi connectivity index (χ0v) is 14.4. The normalized spacial score (nSPS) is 11.3. The molecule has 0 atom stereocenters. The van der Waals surface area contributed by atoms with Crippen LogP contribution in [0.5, 0.6) is 0 Å². The van der Waals surface area contributed by atoms with E-state index in [-0.39, 0.29) is 12.4 Å². The highest BCUT2D eigenvalue weighted by Crippen LogP contribution is 2.29. The quantitative estimate of drug-likeness (QED) is 0.718. The predicted octanol–water partition coefficient (Wildman–Crippen LogP) is 2.52. The lowest BCUT2D eigenvalue weighted by atomic mass is 10.5. The van der Waals surface area contributed by atoms with Gasteiger partial charge in [-0.1, -0.05) is 6.92 Å². The van der Waals surface area contributed by atoms with E-state index in [9.17, 15) is 8.42 Å². The molecule has 18 heavy (non-hydrogen) atoms. The van der Waals surface area contributed by atoms with Crippen molar-refractivity contribution in [3.05, 3.63) is 14.7 Å². The predicted molar refractivity (Wildman–Crippen MR) is 82.4 cm³/mol. The maximum absolute atomic E-state index is 11.9. The molecule has 4 nitrogen and oxygen atoms in total. The Balaban J connectivity index is 0.00000289. The average molecular weight is 378 g/mol. The monoisotopic (exact) mass is 376 g/mol. The second-order valence-corrected chi connectivity index (χ2v) is 7.99. The lowest BCUT2D eigenvalue weighted by Gasteiger charge is -2.06. The zero-order valence-electron chi connectivity index (χ0n) is 10.3. The maximum atomic E-state index is 11.9. The van der Waals surface area contributed by atoms with Gasteiger partial charge in [-0.2, -0.15) is 0 Å². The fourth-order valence-electron chi connectivity index (χ4n) is 1.35. The van der Waals surface area contributed by atoms with Crippen molar-refractivity contribution in [2.75, 3.05) is 19.6 Å². The molecule has 0 spiro atoms. The lowest BCUT2D eigenvalue weighted by Crippen LogP contribution is -2.32. The molecule has 1 rings (SSSR count). The third kappa shape index (κ3) is 5.54. The second kappa shape index (κ2) is 8.50. The summed E-state index contributed by atoms with van der Waals surface area (Å²) in [5.41, 5.74) is 0. The topological polar surface area (TPSA) is 58.2 Å². The highest BCUT2D eigenvalue weighted by atomic mass is 79.9. The molecule has 0 bridgehead atoms. The molecule has 0 fully saturated rings. The number of thiophene rings is 1. The van der Waals surface area contributed by atoms with Crippen LogP contribution in [0.1, 0.15) is 18.2 Å². The maximum Gasteiger partial charge on any atom is 0.241 e. The smallest absolute Gasteiger partial charge is 0.241 e. The van der Waals surface area contributed by atoms with Gasteiger partial charge in [-0.05, 0) is 41.9 Å². The molecule has 8 heteroatoms. The first-order chi connectivity index (χ1) is 7.97. The van der Waals surface area contributed by atoms with Gasteiger partial charge in [0.1, 0.15) is 0 Å². The third-order valence-electron chi connectivity index (χ3n) is 2.15. The minimum absolute atomic E-state index is 0. The molecule has 0 amide bonds. The van der Waals surface area contributed by atoms with Crippen molar-refractivity contribution in [1.82, 2.24) is 10.0 Å². The van der Waals surface area contributed by atoms with Crippen molar-refractivity contribution in [3.63, 3.8) is 0 Å². The summed E-state index contributed by atoms with van der Waals surface area (Å²) in [6, 6.07) is 1.64. The molecular formula is C10H18BrClN2O2S2. The van der Waals surface area contributed by atoms with Crippen LogP contribution >= 0.6 is 39.7 Å². The van der Waals surface area contributed by atoms with Crippen LogP contribution < -0.4 is 10.0 Å². The van der Waals surface area contributed by atoms with Gasteiger partial charge in [0.05, 0.1) is 8.68 Å². The van der Waals surface area contributed by atoms with Crippen molar-refractivity contribution < 1.29 is 8.42 Å². The van der Waals surface area contributed by atoms with Gasteiger partial charge in [0.25, 0.3) is 0 Å². The van der Waals surface area contributed by atoms with Crippen LogP contribution in [-0.2, 0) is 10.0 Å². The second-order valence-electron chi connectivity index (χ2n) is 3.62. The Kier molecular flexibility index (Phi) is 8.66. The Morgan fingerprint density at radius 2 is 2.00 bits per heavy atom. The molecule has 106 valence electrons. The van der Waals surface area contributed by atoms with Crippen LogP contribution in [0.3, 0.4) is 0 Å². The average Bonchev–Trinajstić information content (AvgIpc) is 2.58. The molecule has 1 heterocycles. The summed E-state index contributed by atoms with van der Waals surface area (Å²) in [5, 5.41) is 3.15. The summed E-state index contributed by atoms with van der Waals surface area (Å²) in [7, 11) is -3.37. The number of rotatable bonds is 7. The van der Waals surface area contributed by atoms with E-state index >= 15 is 0 Å². The zero-order chi connectivity index (χ0) is 12.9. The van der Waals surface area contributed by atoms with Crippen molar-refractivity contribution in [2.24, 2.45) is 0 Å². The fourth-order valence-corrected chi connectivity index (χ4v) is 4.79. The largest absolute Gasteiger partial charge is 0.315 e. The van der Waals surface area contributed by atoms with Gasteiger partial charge in [0, 0.05) is 18.0 Å².